The summed E-state index contributed by atoms with van der Waals surface area (Å²) < 4.78 is 1.12. The van der Waals surface area contributed by atoms with E-state index in [9.17, 15) is 0 Å². The predicted molar refractivity (Wildman–Crippen MR) is 82.0 cm³/mol. The number of fused-ring (bicyclic) bond motifs is 1. The second kappa shape index (κ2) is 4.84. The zero-order chi connectivity index (χ0) is 12.5. The zero-order valence-electron chi connectivity index (χ0n) is 9.64. The minimum atomic E-state index is -0.0501. The molecule has 0 aliphatic rings. The van der Waals surface area contributed by atoms with Gasteiger partial charge in [0.1, 0.15) is 0 Å². The number of rotatable bonds is 2. The molecule has 3 rings (SSSR count). The van der Waals surface area contributed by atoms with Crippen LogP contribution in [0.4, 0.5) is 0 Å². The fourth-order valence-electron chi connectivity index (χ4n) is 2.06. The van der Waals surface area contributed by atoms with Crippen molar-refractivity contribution in [3.8, 4) is 0 Å². The Balaban J connectivity index is 2.03. The van der Waals surface area contributed by atoms with Crippen LogP contribution in [0.3, 0.4) is 0 Å². The van der Waals surface area contributed by atoms with E-state index in [1.165, 1.54) is 15.6 Å². The highest BCUT2D eigenvalue weighted by molar-refractivity contribution is 9.11. The molecule has 1 unspecified atom stereocenters. The lowest BCUT2D eigenvalue weighted by Gasteiger charge is -2.11. The molecule has 0 radical (unpaired) electrons. The largest absolute Gasteiger partial charge is 0.320 e. The first kappa shape index (κ1) is 11.9. The van der Waals surface area contributed by atoms with Gasteiger partial charge in [-0.05, 0) is 50.5 Å². The Bertz CT molecular complexity index is 690. The molecule has 0 aliphatic carbocycles. The van der Waals surface area contributed by atoms with Gasteiger partial charge in [-0.1, -0.05) is 36.4 Å². The third-order valence-electron chi connectivity index (χ3n) is 3.03. The van der Waals surface area contributed by atoms with Crippen LogP contribution in [0.15, 0.2) is 58.4 Å². The molecule has 1 nitrogen and oxygen atoms in total. The average molecular weight is 318 g/mol. The molecule has 0 bridgehead atoms. The van der Waals surface area contributed by atoms with E-state index in [2.05, 4.69) is 64.5 Å². The van der Waals surface area contributed by atoms with Gasteiger partial charge >= 0.3 is 0 Å². The van der Waals surface area contributed by atoms with Crippen LogP contribution in [0.25, 0.3) is 10.8 Å². The van der Waals surface area contributed by atoms with Gasteiger partial charge in [-0.3, -0.25) is 0 Å². The summed E-state index contributed by atoms with van der Waals surface area (Å²) >= 11 is 5.16. The van der Waals surface area contributed by atoms with E-state index < -0.39 is 0 Å². The first-order chi connectivity index (χ1) is 8.74. The van der Waals surface area contributed by atoms with Crippen molar-refractivity contribution < 1.29 is 0 Å². The van der Waals surface area contributed by atoms with Crippen LogP contribution in [0, 0.1) is 0 Å². The smallest absolute Gasteiger partial charge is 0.0702 e. The summed E-state index contributed by atoms with van der Waals surface area (Å²) in [6.07, 6.45) is 0. The van der Waals surface area contributed by atoms with Crippen molar-refractivity contribution in [2.45, 2.75) is 6.04 Å². The van der Waals surface area contributed by atoms with E-state index >= 15 is 0 Å². The van der Waals surface area contributed by atoms with Crippen LogP contribution >= 0.6 is 27.3 Å². The van der Waals surface area contributed by atoms with Crippen molar-refractivity contribution in [1.82, 2.24) is 0 Å². The molecule has 90 valence electrons. The lowest BCUT2D eigenvalue weighted by atomic mass is 10.0. The van der Waals surface area contributed by atoms with Gasteiger partial charge in [0, 0.05) is 4.88 Å². The van der Waals surface area contributed by atoms with Gasteiger partial charge in [0.15, 0.2) is 0 Å². The molecule has 0 fully saturated rings. The molecule has 0 saturated heterocycles. The summed E-state index contributed by atoms with van der Waals surface area (Å²) in [5.41, 5.74) is 7.47. The van der Waals surface area contributed by atoms with E-state index in [4.69, 9.17) is 5.73 Å². The molecule has 3 aromatic rings. The molecular formula is C15H12BrNS. The number of nitrogens with two attached hydrogens (primary N) is 1. The maximum atomic E-state index is 6.31. The molecule has 1 atom stereocenters. The predicted octanol–water partition coefficient (Wildman–Crippen LogP) is 4.71. The summed E-state index contributed by atoms with van der Waals surface area (Å²) in [6.45, 7) is 0. The van der Waals surface area contributed by atoms with E-state index in [0.29, 0.717) is 0 Å². The van der Waals surface area contributed by atoms with Crippen molar-refractivity contribution in [1.29, 1.82) is 0 Å². The first-order valence-corrected chi connectivity index (χ1v) is 7.34. The summed E-state index contributed by atoms with van der Waals surface area (Å²) in [4.78, 5) is 1.18. The molecule has 0 spiro atoms. The van der Waals surface area contributed by atoms with Crippen molar-refractivity contribution in [3.05, 3.63) is 68.8 Å². The van der Waals surface area contributed by atoms with Gasteiger partial charge in [-0.2, -0.15) is 0 Å². The Morgan fingerprint density at radius 1 is 0.944 bits per heavy atom. The second-order valence-electron chi connectivity index (χ2n) is 4.23. The fourth-order valence-corrected chi connectivity index (χ4v) is 3.51. The lowest BCUT2D eigenvalue weighted by molar-refractivity contribution is 0.896. The van der Waals surface area contributed by atoms with Gasteiger partial charge in [0.2, 0.25) is 0 Å². The minimum Gasteiger partial charge on any atom is -0.320 e. The van der Waals surface area contributed by atoms with Gasteiger partial charge in [0.25, 0.3) is 0 Å². The van der Waals surface area contributed by atoms with Crippen LogP contribution in [-0.2, 0) is 0 Å². The van der Waals surface area contributed by atoms with Crippen molar-refractivity contribution in [3.63, 3.8) is 0 Å². The number of benzene rings is 2. The van der Waals surface area contributed by atoms with E-state index in [0.717, 1.165) is 9.35 Å². The third-order valence-corrected chi connectivity index (χ3v) is 4.74. The summed E-state index contributed by atoms with van der Waals surface area (Å²) in [6, 6.07) is 18.8. The average Bonchev–Trinajstić information content (AvgIpc) is 2.84. The van der Waals surface area contributed by atoms with Crippen LogP contribution in [0.2, 0.25) is 0 Å². The number of thiophene rings is 1. The topological polar surface area (TPSA) is 26.0 Å². The van der Waals surface area contributed by atoms with Crippen LogP contribution < -0.4 is 5.73 Å². The number of hydrogen-bond donors (Lipinski definition) is 1. The van der Waals surface area contributed by atoms with Gasteiger partial charge in [0.05, 0.1) is 9.83 Å². The van der Waals surface area contributed by atoms with Gasteiger partial charge in [-0.25, -0.2) is 0 Å². The monoisotopic (exact) mass is 317 g/mol. The molecule has 1 aromatic heterocycles. The molecule has 1 heterocycles. The van der Waals surface area contributed by atoms with E-state index in [-0.39, 0.29) is 6.04 Å². The molecule has 0 saturated carbocycles. The molecule has 18 heavy (non-hydrogen) atoms. The maximum absolute atomic E-state index is 6.31. The van der Waals surface area contributed by atoms with Crippen LogP contribution in [0.5, 0.6) is 0 Å². The molecule has 0 aliphatic heterocycles. The normalized spacial score (nSPS) is 12.8. The highest BCUT2D eigenvalue weighted by Gasteiger charge is 2.11. The zero-order valence-corrected chi connectivity index (χ0v) is 12.0. The molecule has 2 aromatic carbocycles. The Morgan fingerprint density at radius 2 is 1.72 bits per heavy atom. The van der Waals surface area contributed by atoms with Gasteiger partial charge < -0.3 is 5.73 Å². The number of hydrogen-bond acceptors (Lipinski definition) is 2. The van der Waals surface area contributed by atoms with Crippen molar-refractivity contribution in [2.24, 2.45) is 5.73 Å². The molecule has 3 heteroatoms. The van der Waals surface area contributed by atoms with Crippen LogP contribution in [0.1, 0.15) is 16.5 Å². The summed E-state index contributed by atoms with van der Waals surface area (Å²) in [5, 5.41) is 2.49. The standard InChI is InChI=1S/C15H12BrNS/c16-14-8-7-13(18-14)15(17)12-6-5-10-3-1-2-4-11(10)9-12/h1-9,15H,17H2. The Hall–Kier alpha value is -1.16. The highest BCUT2D eigenvalue weighted by Crippen LogP contribution is 2.30. The van der Waals surface area contributed by atoms with Gasteiger partial charge in [-0.15, -0.1) is 11.3 Å². The van der Waals surface area contributed by atoms with E-state index in [1.54, 1.807) is 11.3 Å². The quantitative estimate of drug-likeness (QED) is 0.727. The minimum absolute atomic E-state index is 0.0501. The Kier molecular flexibility index (Phi) is 3.20. The summed E-state index contributed by atoms with van der Waals surface area (Å²) in [5.74, 6) is 0. The second-order valence-corrected chi connectivity index (χ2v) is 6.72. The highest BCUT2D eigenvalue weighted by atomic mass is 79.9. The first-order valence-electron chi connectivity index (χ1n) is 5.73. The third kappa shape index (κ3) is 2.21. The van der Waals surface area contributed by atoms with Crippen LogP contribution in [-0.4, -0.2) is 0 Å². The number of halogens is 1. The Labute approximate surface area is 118 Å². The van der Waals surface area contributed by atoms with E-state index in [1.807, 2.05) is 6.07 Å². The lowest BCUT2D eigenvalue weighted by Crippen LogP contribution is -2.09. The fraction of sp³-hybridized carbons (Fsp3) is 0.0667. The maximum Gasteiger partial charge on any atom is 0.0702 e. The SMILES string of the molecule is NC(c1ccc2ccccc2c1)c1ccc(Br)s1. The van der Waals surface area contributed by atoms with Crippen molar-refractivity contribution in [2.75, 3.05) is 0 Å². The molecule has 0 amide bonds. The molecule has 2 N–H and O–H groups in total. The molecular weight excluding hydrogens is 306 g/mol. The summed E-state index contributed by atoms with van der Waals surface area (Å²) in [7, 11) is 0. The Morgan fingerprint density at radius 3 is 2.44 bits per heavy atom. The van der Waals surface area contributed by atoms with Crippen molar-refractivity contribution >= 4 is 38.0 Å².